The van der Waals surface area contributed by atoms with Gasteiger partial charge in [0.05, 0.1) is 18.0 Å². The van der Waals surface area contributed by atoms with Gasteiger partial charge in [-0.25, -0.2) is 13.1 Å². The van der Waals surface area contributed by atoms with E-state index in [4.69, 9.17) is 4.74 Å². The summed E-state index contributed by atoms with van der Waals surface area (Å²) in [5.74, 6) is 0.733. The van der Waals surface area contributed by atoms with E-state index in [0.29, 0.717) is 0 Å². The van der Waals surface area contributed by atoms with Gasteiger partial charge in [0.1, 0.15) is 5.75 Å². The molecule has 0 saturated heterocycles. The van der Waals surface area contributed by atoms with Gasteiger partial charge >= 0.3 is 0 Å². The maximum atomic E-state index is 12.6. The Morgan fingerprint density at radius 3 is 2.22 bits per heavy atom. The summed E-state index contributed by atoms with van der Waals surface area (Å²) in [6.45, 7) is 0.207. The Kier molecular flexibility index (Phi) is 6.11. The normalized spacial score (nSPS) is 12.3. The van der Waals surface area contributed by atoms with Crippen LogP contribution >= 0.6 is 0 Å². The van der Waals surface area contributed by atoms with Crippen LogP contribution in [0.15, 0.2) is 89.8 Å². The fraction of sp³-hybridized carbons (Fsp3) is 0.143. The van der Waals surface area contributed by atoms with Crippen LogP contribution in [0.4, 0.5) is 5.69 Å². The number of anilines is 1. The van der Waals surface area contributed by atoms with Crippen molar-refractivity contribution >= 4 is 15.7 Å². The lowest BCUT2D eigenvalue weighted by Crippen LogP contribution is -2.31. The van der Waals surface area contributed by atoms with Crippen LogP contribution < -0.4 is 14.8 Å². The first-order chi connectivity index (χ1) is 13.1. The first-order valence-corrected chi connectivity index (χ1v) is 10.1. The Morgan fingerprint density at radius 1 is 0.889 bits per heavy atom. The zero-order chi connectivity index (χ0) is 19.1. The lowest BCUT2D eigenvalue weighted by molar-refractivity contribution is 0.415. The predicted octanol–water partition coefficient (Wildman–Crippen LogP) is 3.83. The van der Waals surface area contributed by atoms with E-state index in [-0.39, 0.29) is 17.5 Å². The minimum Gasteiger partial charge on any atom is -0.497 e. The molecule has 2 N–H and O–H groups in total. The highest BCUT2D eigenvalue weighted by Gasteiger charge is 2.18. The van der Waals surface area contributed by atoms with Gasteiger partial charge < -0.3 is 10.1 Å². The third kappa shape index (κ3) is 5.09. The van der Waals surface area contributed by atoms with Crippen LogP contribution in [0.25, 0.3) is 0 Å². The molecule has 0 amide bonds. The molecule has 0 aliphatic carbocycles. The second kappa shape index (κ2) is 8.70. The van der Waals surface area contributed by atoms with E-state index < -0.39 is 10.0 Å². The van der Waals surface area contributed by atoms with E-state index >= 15 is 0 Å². The van der Waals surface area contributed by atoms with Gasteiger partial charge in [-0.2, -0.15) is 0 Å². The second-order valence-electron chi connectivity index (χ2n) is 6.00. The van der Waals surface area contributed by atoms with Crippen molar-refractivity contribution in [3.05, 3.63) is 90.5 Å². The molecule has 0 unspecified atom stereocenters. The highest BCUT2D eigenvalue weighted by atomic mass is 32.2. The maximum Gasteiger partial charge on any atom is 0.240 e. The fourth-order valence-electron chi connectivity index (χ4n) is 2.73. The van der Waals surface area contributed by atoms with E-state index in [1.54, 1.807) is 37.4 Å². The Bertz CT molecular complexity index is 961. The molecule has 0 radical (unpaired) electrons. The molecule has 0 aliphatic rings. The summed E-state index contributed by atoms with van der Waals surface area (Å²) in [5, 5.41) is 3.39. The summed E-state index contributed by atoms with van der Waals surface area (Å²) in [7, 11) is -1.97. The molecule has 27 heavy (non-hydrogen) atoms. The average molecular weight is 382 g/mol. The summed E-state index contributed by atoms with van der Waals surface area (Å²) >= 11 is 0. The smallest absolute Gasteiger partial charge is 0.240 e. The number of sulfonamides is 1. The molecule has 5 nitrogen and oxygen atoms in total. The van der Waals surface area contributed by atoms with Gasteiger partial charge in [-0.1, -0.05) is 54.6 Å². The van der Waals surface area contributed by atoms with E-state index in [0.717, 1.165) is 17.0 Å². The Morgan fingerprint density at radius 2 is 1.56 bits per heavy atom. The van der Waals surface area contributed by atoms with Gasteiger partial charge in [-0.3, -0.25) is 0 Å². The molecule has 0 fully saturated rings. The van der Waals surface area contributed by atoms with Crippen LogP contribution in [0.5, 0.6) is 5.75 Å². The largest absolute Gasteiger partial charge is 0.497 e. The van der Waals surface area contributed by atoms with Crippen LogP contribution in [0, 0.1) is 0 Å². The van der Waals surface area contributed by atoms with E-state index in [1.165, 1.54) is 0 Å². The minimum atomic E-state index is -3.58. The Balaban J connectivity index is 1.80. The molecule has 3 aromatic rings. The van der Waals surface area contributed by atoms with Crippen molar-refractivity contribution in [2.75, 3.05) is 19.0 Å². The quantitative estimate of drug-likeness (QED) is 0.621. The van der Waals surface area contributed by atoms with Crippen molar-refractivity contribution in [1.29, 1.82) is 0 Å². The molecule has 0 saturated carbocycles. The van der Waals surface area contributed by atoms with Crippen molar-refractivity contribution in [2.45, 2.75) is 10.9 Å². The Labute approximate surface area is 160 Å². The van der Waals surface area contributed by atoms with E-state index in [1.807, 2.05) is 54.6 Å². The van der Waals surface area contributed by atoms with Crippen LogP contribution in [-0.4, -0.2) is 22.1 Å². The number of rotatable bonds is 8. The summed E-state index contributed by atoms with van der Waals surface area (Å²) in [6, 6.07) is 25.4. The van der Waals surface area contributed by atoms with Gasteiger partial charge in [0.25, 0.3) is 0 Å². The minimum absolute atomic E-state index is 0.207. The van der Waals surface area contributed by atoms with Crippen LogP contribution in [0.3, 0.4) is 0 Å². The third-order valence-corrected chi connectivity index (χ3v) is 5.58. The van der Waals surface area contributed by atoms with Crippen LogP contribution in [-0.2, 0) is 10.0 Å². The first-order valence-electron chi connectivity index (χ1n) is 8.59. The van der Waals surface area contributed by atoms with Crippen LogP contribution in [0.1, 0.15) is 11.6 Å². The number of nitrogens with one attached hydrogen (secondary N) is 2. The first kappa shape index (κ1) is 18.9. The maximum absolute atomic E-state index is 12.6. The number of methoxy groups -OCH3 is 1. The highest BCUT2D eigenvalue weighted by Crippen LogP contribution is 2.23. The monoisotopic (exact) mass is 382 g/mol. The molecular formula is C21H22N2O3S. The lowest BCUT2D eigenvalue weighted by atomic mass is 10.1. The molecule has 0 bridgehead atoms. The summed E-state index contributed by atoms with van der Waals surface area (Å²) in [5.41, 5.74) is 1.83. The second-order valence-corrected chi connectivity index (χ2v) is 7.77. The molecule has 0 aliphatic heterocycles. The SMILES string of the molecule is COc1cccc(N[C@H](CNS(=O)(=O)c2ccccc2)c2ccccc2)c1. The zero-order valence-corrected chi connectivity index (χ0v) is 15.8. The lowest BCUT2D eigenvalue weighted by Gasteiger charge is -2.21. The van der Waals surface area contributed by atoms with Gasteiger partial charge in [-0.15, -0.1) is 0 Å². The summed E-state index contributed by atoms with van der Waals surface area (Å²) in [6.07, 6.45) is 0. The fourth-order valence-corrected chi connectivity index (χ4v) is 3.80. The topological polar surface area (TPSA) is 67.4 Å². The molecular weight excluding hydrogens is 360 g/mol. The number of ether oxygens (including phenoxy) is 1. The van der Waals surface area contributed by atoms with Gasteiger partial charge in [0, 0.05) is 18.3 Å². The molecule has 1 atom stereocenters. The van der Waals surface area contributed by atoms with Crippen molar-refractivity contribution < 1.29 is 13.2 Å². The van der Waals surface area contributed by atoms with Crippen molar-refractivity contribution in [2.24, 2.45) is 0 Å². The van der Waals surface area contributed by atoms with Crippen molar-refractivity contribution in [3.8, 4) is 5.75 Å². The standard InChI is InChI=1S/C21H22N2O3S/c1-26-19-12-8-11-18(15-19)23-21(17-9-4-2-5-10-17)16-22-27(24,25)20-13-6-3-7-14-20/h2-15,21-23H,16H2,1H3/t21-/m1/s1. The summed E-state index contributed by atoms with van der Waals surface area (Å²) in [4.78, 5) is 0.248. The molecule has 0 spiro atoms. The van der Waals surface area contributed by atoms with E-state index in [2.05, 4.69) is 10.0 Å². The van der Waals surface area contributed by atoms with E-state index in [9.17, 15) is 8.42 Å². The van der Waals surface area contributed by atoms with Crippen molar-refractivity contribution in [1.82, 2.24) is 4.72 Å². The molecule has 3 aromatic carbocycles. The molecule has 3 rings (SSSR count). The van der Waals surface area contributed by atoms with Gasteiger partial charge in [0.2, 0.25) is 10.0 Å². The average Bonchev–Trinajstić information content (AvgIpc) is 2.72. The molecule has 6 heteroatoms. The number of hydrogen-bond acceptors (Lipinski definition) is 4. The highest BCUT2D eigenvalue weighted by molar-refractivity contribution is 7.89. The predicted molar refractivity (Wildman–Crippen MR) is 107 cm³/mol. The molecule has 140 valence electrons. The van der Waals surface area contributed by atoms with Crippen molar-refractivity contribution in [3.63, 3.8) is 0 Å². The Hall–Kier alpha value is -2.83. The van der Waals surface area contributed by atoms with Gasteiger partial charge in [-0.05, 0) is 29.8 Å². The van der Waals surface area contributed by atoms with Crippen LogP contribution in [0.2, 0.25) is 0 Å². The molecule has 0 heterocycles. The zero-order valence-electron chi connectivity index (χ0n) is 15.0. The number of benzene rings is 3. The van der Waals surface area contributed by atoms with Gasteiger partial charge in [0.15, 0.2) is 0 Å². The molecule has 0 aromatic heterocycles. The summed E-state index contributed by atoms with van der Waals surface area (Å²) < 4.78 is 33.1. The number of hydrogen-bond donors (Lipinski definition) is 2. The third-order valence-electron chi connectivity index (χ3n) is 4.14.